The van der Waals surface area contributed by atoms with E-state index in [0.717, 1.165) is 16.3 Å². The quantitative estimate of drug-likeness (QED) is 0.524. The van der Waals surface area contributed by atoms with Crippen LogP contribution in [0, 0.1) is 5.82 Å². The van der Waals surface area contributed by atoms with Gasteiger partial charge in [-0.2, -0.15) is 5.10 Å². The number of amidine groups is 1. The lowest BCUT2D eigenvalue weighted by molar-refractivity contribution is -0.116. The summed E-state index contributed by atoms with van der Waals surface area (Å²) in [4.78, 5) is 11.2. The molecule has 0 aromatic heterocycles. The molecule has 0 aliphatic carbocycles. The first-order valence-corrected chi connectivity index (χ1v) is 9.61. The number of nitrogens with zero attached hydrogens (tertiary/aromatic N) is 2. The third kappa shape index (κ3) is 4.04. The summed E-state index contributed by atoms with van der Waals surface area (Å²) in [6.07, 6.45) is 1.59. The number of carbonyl (C=O) groups is 1. The van der Waals surface area contributed by atoms with Crippen LogP contribution >= 0.6 is 11.8 Å². The number of amides is 1. The van der Waals surface area contributed by atoms with Gasteiger partial charge in [0, 0.05) is 11.1 Å². The molecule has 0 spiro atoms. The zero-order valence-corrected chi connectivity index (χ0v) is 15.6. The highest BCUT2D eigenvalue weighted by Crippen LogP contribution is 2.28. The highest BCUT2D eigenvalue weighted by Gasteiger charge is 2.16. The highest BCUT2D eigenvalue weighted by atomic mass is 32.2. The predicted octanol–water partition coefficient (Wildman–Crippen LogP) is 4.11. The van der Waals surface area contributed by atoms with E-state index in [9.17, 15) is 9.18 Å². The summed E-state index contributed by atoms with van der Waals surface area (Å²) < 4.78 is 19.8. The van der Waals surface area contributed by atoms with E-state index >= 15 is 0 Å². The van der Waals surface area contributed by atoms with Gasteiger partial charge < -0.3 is 10.1 Å². The molecule has 1 aliphatic rings. The fraction of sp³-hybridized carbons (Fsp3) is 0.0952. The zero-order valence-electron chi connectivity index (χ0n) is 14.8. The number of halogens is 1. The maximum absolute atomic E-state index is 13.9. The first-order valence-electron chi connectivity index (χ1n) is 8.62. The van der Waals surface area contributed by atoms with Crippen molar-refractivity contribution in [2.45, 2.75) is 6.61 Å². The second-order valence-electron chi connectivity index (χ2n) is 6.07. The Morgan fingerprint density at radius 1 is 1.11 bits per heavy atom. The number of ether oxygens (including phenoxy) is 1. The van der Waals surface area contributed by atoms with Gasteiger partial charge in [0.2, 0.25) is 5.91 Å². The summed E-state index contributed by atoms with van der Waals surface area (Å²) >= 11 is 1.31. The number of rotatable bonds is 5. The molecule has 0 radical (unpaired) electrons. The summed E-state index contributed by atoms with van der Waals surface area (Å²) in [5, 5.41) is 13.2. The first-order chi connectivity index (χ1) is 13.7. The van der Waals surface area contributed by atoms with Crippen molar-refractivity contribution in [2.75, 3.05) is 5.75 Å². The Labute approximate surface area is 165 Å². The molecule has 0 atom stereocenters. The monoisotopic (exact) mass is 393 g/mol. The van der Waals surface area contributed by atoms with Gasteiger partial charge in [0.05, 0.1) is 12.0 Å². The Morgan fingerprint density at radius 2 is 1.93 bits per heavy atom. The average Bonchev–Trinajstić information content (AvgIpc) is 3.13. The first kappa shape index (κ1) is 18.2. The lowest BCUT2D eigenvalue weighted by Gasteiger charge is -2.12. The molecular formula is C21H16FN3O2S. The minimum Gasteiger partial charge on any atom is -0.488 e. The second kappa shape index (κ2) is 8.22. The lowest BCUT2D eigenvalue weighted by Crippen LogP contribution is -2.19. The summed E-state index contributed by atoms with van der Waals surface area (Å²) in [5.41, 5.74) is 1.22. The number of benzene rings is 3. The third-order valence-electron chi connectivity index (χ3n) is 4.19. The van der Waals surface area contributed by atoms with E-state index in [0.29, 0.717) is 22.2 Å². The van der Waals surface area contributed by atoms with Gasteiger partial charge in [-0.05, 0) is 22.9 Å². The summed E-state index contributed by atoms with van der Waals surface area (Å²) in [7, 11) is 0. The van der Waals surface area contributed by atoms with Crippen LogP contribution < -0.4 is 10.1 Å². The summed E-state index contributed by atoms with van der Waals surface area (Å²) in [6.45, 7) is 0.103. The van der Waals surface area contributed by atoms with E-state index in [-0.39, 0.29) is 18.3 Å². The number of hydrogen-bond donors (Lipinski definition) is 1. The van der Waals surface area contributed by atoms with Gasteiger partial charge in [0.15, 0.2) is 5.17 Å². The van der Waals surface area contributed by atoms with E-state index in [2.05, 4.69) is 15.5 Å². The van der Waals surface area contributed by atoms with Crippen molar-refractivity contribution in [2.24, 2.45) is 10.2 Å². The molecule has 1 heterocycles. The van der Waals surface area contributed by atoms with Crippen molar-refractivity contribution in [1.82, 2.24) is 5.32 Å². The Balaban J connectivity index is 1.65. The molecule has 3 aromatic rings. The molecule has 1 saturated heterocycles. The minimum absolute atomic E-state index is 0.0852. The van der Waals surface area contributed by atoms with Crippen LogP contribution in [0.4, 0.5) is 4.39 Å². The van der Waals surface area contributed by atoms with E-state index in [1.54, 1.807) is 24.4 Å². The third-order valence-corrected chi connectivity index (χ3v) is 5.06. The normalized spacial score (nSPS) is 15.5. The Kier molecular flexibility index (Phi) is 5.34. The highest BCUT2D eigenvalue weighted by molar-refractivity contribution is 8.15. The van der Waals surface area contributed by atoms with Crippen LogP contribution in [0.5, 0.6) is 5.75 Å². The van der Waals surface area contributed by atoms with Crippen molar-refractivity contribution in [3.05, 3.63) is 77.6 Å². The minimum atomic E-state index is -0.307. The van der Waals surface area contributed by atoms with Crippen LogP contribution in [0.25, 0.3) is 10.8 Å². The van der Waals surface area contributed by atoms with Crippen LogP contribution in [0.2, 0.25) is 0 Å². The van der Waals surface area contributed by atoms with Crippen molar-refractivity contribution in [3.63, 3.8) is 0 Å². The number of nitrogens with one attached hydrogen (secondary N) is 1. The molecule has 1 N–H and O–H groups in total. The lowest BCUT2D eigenvalue weighted by atomic mass is 10.0. The molecule has 0 bridgehead atoms. The van der Waals surface area contributed by atoms with Crippen molar-refractivity contribution < 1.29 is 13.9 Å². The number of thioether (sulfide) groups is 1. The molecule has 1 amide bonds. The van der Waals surface area contributed by atoms with Gasteiger partial charge in [0.1, 0.15) is 18.2 Å². The summed E-state index contributed by atoms with van der Waals surface area (Å²) in [5.74, 6) is 0.533. The Morgan fingerprint density at radius 3 is 2.75 bits per heavy atom. The fourth-order valence-electron chi connectivity index (χ4n) is 2.82. The largest absolute Gasteiger partial charge is 0.488 e. The molecule has 7 heteroatoms. The van der Waals surface area contributed by atoms with Gasteiger partial charge >= 0.3 is 0 Å². The van der Waals surface area contributed by atoms with Gasteiger partial charge in [-0.1, -0.05) is 60.3 Å². The molecule has 0 unspecified atom stereocenters. The topological polar surface area (TPSA) is 63.0 Å². The van der Waals surface area contributed by atoms with Crippen LogP contribution in [-0.4, -0.2) is 23.0 Å². The van der Waals surface area contributed by atoms with Crippen LogP contribution in [0.3, 0.4) is 0 Å². The van der Waals surface area contributed by atoms with Gasteiger partial charge in [-0.3, -0.25) is 4.79 Å². The van der Waals surface area contributed by atoms with Crippen LogP contribution in [-0.2, 0) is 11.4 Å². The van der Waals surface area contributed by atoms with E-state index in [1.165, 1.54) is 17.8 Å². The molecule has 1 fully saturated rings. The molecule has 0 saturated carbocycles. The zero-order chi connectivity index (χ0) is 19.3. The van der Waals surface area contributed by atoms with Crippen LogP contribution in [0.15, 0.2) is 70.9 Å². The fourth-order valence-corrected chi connectivity index (χ4v) is 3.45. The molecule has 5 nitrogen and oxygen atoms in total. The number of hydrogen-bond acceptors (Lipinski definition) is 5. The molecule has 4 rings (SSSR count). The average molecular weight is 393 g/mol. The Bertz CT molecular complexity index is 1100. The predicted molar refractivity (Wildman–Crippen MR) is 110 cm³/mol. The molecule has 1 aliphatic heterocycles. The molecular weight excluding hydrogens is 377 g/mol. The molecule has 3 aromatic carbocycles. The van der Waals surface area contributed by atoms with Crippen LogP contribution in [0.1, 0.15) is 11.1 Å². The van der Waals surface area contributed by atoms with E-state index in [4.69, 9.17) is 4.74 Å². The maximum atomic E-state index is 13.9. The molecule has 28 heavy (non-hydrogen) atoms. The van der Waals surface area contributed by atoms with E-state index in [1.807, 2.05) is 36.4 Å². The second-order valence-corrected chi connectivity index (χ2v) is 7.03. The number of fused-ring (bicyclic) bond motifs is 1. The van der Waals surface area contributed by atoms with Crippen molar-refractivity contribution >= 4 is 39.8 Å². The smallest absolute Gasteiger partial charge is 0.236 e. The molecule has 140 valence electrons. The standard InChI is InChI=1S/C21H16FN3O2S/c22-18-8-4-2-6-15(18)12-27-19-10-9-14-5-1-3-7-16(14)17(19)11-23-25-21-24-20(26)13-28-21/h1-11H,12-13H2,(H,24,25,26). The van der Waals surface area contributed by atoms with Gasteiger partial charge in [-0.25, -0.2) is 4.39 Å². The SMILES string of the molecule is O=C1CSC(=NN=Cc2c(OCc3ccccc3F)ccc3ccccc23)N1. The van der Waals surface area contributed by atoms with E-state index < -0.39 is 0 Å². The summed E-state index contributed by atoms with van der Waals surface area (Å²) in [6, 6.07) is 18.1. The van der Waals surface area contributed by atoms with Crippen molar-refractivity contribution in [1.29, 1.82) is 0 Å². The van der Waals surface area contributed by atoms with Gasteiger partial charge in [-0.15, -0.1) is 5.10 Å². The Hall–Kier alpha value is -3.19. The number of carbonyl (C=O) groups excluding carboxylic acids is 1. The van der Waals surface area contributed by atoms with Gasteiger partial charge in [0.25, 0.3) is 0 Å². The van der Waals surface area contributed by atoms with Crippen molar-refractivity contribution in [3.8, 4) is 5.75 Å². The maximum Gasteiger partial charge on any atom is 0.236 e.